The Morgan fingerprint density at radius 2 is 1.59 bits per heavy atom. The van der Waals surface area contributed by atoms with Crippen LogP contribution in [0.1, 0.15) is 21.7 Å². The van der Waals surface area contributed by atoms with Crippen LogP contribution in [0, 0.1) is 13.8 Å². The summed E-state index contributed by atoms with van der Waals surface area (Å²) in [6, 6.07) is 11.2. The molecule has 1 fully saturated rings. The van der Waals surface area contributed by atoms with E-state index in [0.717, 1.165) is 49.1 Å². The van der Waals surface area contributed by atoms with Gasteiger partial charge in [0.1, 0.15) is 5.69 Å². The average molecular weight is 389 g/mol. The molecule has 29 heavy (non-hydrogen) atoms. The molecule has 8 heteroatoms. The van der Waals surface area contributed by atoms with Crippen molar-refractivity contribution in [3.63, 3.8) is 0 Å². The van der Waals surface area contributed by atoms with Crippen LogP contribution in [0.3, 0.4) is 0 Å². The first-order valence-corrected chi connectivity index (χ1v) is 9.59. The number of hydrogen-bond acceptors (Lipinski definition) is 7. The van der Waals surface area contributed by atoms with Crippen LogP contribution in [-0.4, -0.2) is 52.0 Å². The van der Waals surface area contributed by atoms with Crippen molar-refractivity contribution in [3.8, 4) is 0 Å². The fraction of sp³-hybridized carbons (Fsp3) is 0.286. The molecule has 148 valence electrons. The van der Waals surface area contributed by atoms with Gasteiger partial charge in [0.2, 0.25) is 11.9 Å². The highest BCUT2D eigenvalue weighted by Gasteiger charge is 2.22. The summed E-state index contributed by atoms with van der Waals surface area (Å²) in [5.41, 5.74) is 2.97. The van der Waals surface area contributed by atoms with Crippen LogP contribution >= 0.6 is 0 Å². The summed E-state index contributed by atoms with van der Waals surface area (Å²) in [4.78, 5) is 34.6. The number of aryl methyl sites for hydroxylation is 2. The molecule has 4 rings (SSSR count). The summed E-state index contributed by atoms with van der Waals surface area (Å²) in [5.74, 6) is 1.07. The van der Waals surface area contributed by atoms with Crippen molar-refractivity contribution in [1.29, 1.82) is 0 Å². The maximum Gasteiger partial charge on any atom is 0.274 e. The van der Waals surface area contributed by atoms with Crippen LogP contribution in [-0.2, 0) is 0 Å². The SMILES string of the molecule is Cc1cccc(NC(=O)c2cc(C)nc(N3CCN(c4ncccn4)CC3)n2)c1. The normalized spacial score (nSPS) is 14.0. The Kier molecular flexibility index (Phi) is 5.33. The predicted molar refractivity (Wildman–Crippen MR) is 112 cm³/mol. The van der Waals surface area contributed by atoms with Gasteiger partial charge in [-0.3, -0.25) is 4.79 Å². The number of benzene rings is 1. The monoisotopic (exact) mass is 389 g/mol. The number of amides is 1. The third kappa shape index (κ3) is 4.48. The zero-order valence-corrected chi connectivity index (χ0v) is 16.5. The van der Waals surface area contributed by atoms with Crippen molar-refractivity contribution in [3.05, 3.63) is 65.7 Å². The van der Waals surface area contributed by atoms with E-state index in [1.165, 1.54) is 0 Å². The second-order valence-electron chi connectivity index (χ2n) is 7.04. The quantitative estimate of drug-likeness (QED) is 0.733. The predicted octanol–water partition coefficient (Wildman–Crippen LogP) is 2.46. The van der Waals surface area contributed by atoms with E-state index >= 15 is 0 Å². The van der Waals surface area contributed by atoms with Gasteiger partial charge < -0.3 is 15.1 Å². The largest absolute Gasteiger partial charge is 0.337 e. The molecule has 1 aliphatic rings. The Bertz CT molecular complexity index is 1000. The lowest BCUT2D eigenvalue weighted by molar-refractivity contribution is 0.102. The van der Waals surface area contributed by atoms with E-state index in [-0.39, 0.29) is 5.91 Å². The zero-order chi connectivity index (χ0) is 20.2. The van der Waals surface area contributed by atoms with E-state index < -0.39 is 0 Å². The number of carbonyl (C=O) groups excluding carboxylic acids is 1. The van der Waals surface area contributed by atoms with E-state index in [4.69, 9.17) is 0 Å². The number of aromatic nitrogens is 4. The molecule has 3 heterocycles. The van der Waals surface area contributed by atoms with Gasteiger partial charge in [-0.1, -0.05) is 12.1 Å². The number of nitrogens with zero attached hydrogens (tertiary/aromatic N) is 6. The summed E-state index contributed by atoms with van der Waals surface area (Å²) in [7, 11) is 0. The van der Waals surface area contributed by atoms with Crippen molar-refractivity contribution in [2.75, 3.05) is 41.3 Å². The first kappa shape index (κ1) is 18.8. The molecule has 0 spiro atoms. The molecule has 1 N–H and O–H groups in total. The Hall–Kier alpha value is -3.55. The number of piperazine rings is 1. The molecule has 1 saturated heterocycles. The van der Waals surface area contributed by atoms with Crippen molar-refractivity contribution in [2.24, 2.45) is 0 Å². The van der Waals surface area contributed by atoms with E-state index in [1.54, 1.807) is 18.5 Å². The van der Waals surface area contributed by atoms with E-state index in [9.17, 15) is 4.79 Å². The van der Waals surface area contributed by atoms with Crippen molar-refractivity contribution in [1.82, 2.24) is 19.9 Å². The maximum atomic E-state index is 12.7. The number of rotatable bonds is 4. The van der Waals surface area contributed by atoms with Gasteiger partial charge in [0, 0.05) is 50.0 Å². The van der Waals surface area contributed by atoms with E-state index in [1.807, 2.05) is 44.2 Å². The Morgan fingerprint density at radius 1 is 0.897 bits per heavy atom. The van der Waals surface area contributed by atoms with E-state index in [2.05, 4.69) is 35.1 Å². The fourth-order valence-corrected chi connectivity index (χ4v) is 3.29. The molecule has 1 aromatic carbocycles. The number of anilines is 3. The summed E-state index contributed by atoms with van der Waals surface area (Å²) in [6.07, 6.45) is 3.50. The molecule has 0 aliphatic carbocycles. The first-order chi connectivity index (χ1) is 14.1. The van der Waals surface area contributed by atoms with Crippen LogP contribution < -0.4 is 15.1 Å². The number of hydrogen-bond donors (Lipinski definition) is 1. The Morgan fingerprint density at radius 3 is 2.28 bits per heavy atom. The van der Waals surface area contributed by atoms with Gasteiger partial charge in [-0.15, -0.1) is 0 Å². The van der Waals surface area contributed by atoms with Crippen molar-refractivity contribution >= 4 is 23.5 Å². The highest BCUT2D eigenvalue weighted by molar-refractivity contribution is 6.03. The van der Waals surface area contributed by atoms with Crippen molar-refractivity contribution < 1.29 is 4.79 Å². The highest BCUT2D eigenvalue weighted by Crippen LogP contribution is 2.17. The number of nitrogens with one attached hydrogen (secondary N) is 1. The molecule has 0 unspecified atom stereocenters. The molecule has 0 atom stereocenters. The molecule has 8 nitrogen and oxygen atoms in total. The summed E-state index contributed by atoms with van der Waals surface area (Å²) in [5, 5.41) is 2.91. The van der Waals surface area contributed by atoms with Crippen LogP contribution in [0.2, 0.25) is 0 Å². The second-order valence-corrected chi connectivity index (χ2v) is 7.04. The summed E-state index contributed by atoms with van der Waals surface area (Å²) in [6.45, 7) is 6.88. The van der Waals surface area contributed by atoms with Crippen LogP contribution in [0.4, 0.5) is 17.6 Å². The number of carbonyl (C=O) groups is 1. The molecule has 1 aliphatic heterocycles. The minimum Gasteiger partial charge on any atom is -0.337 e. The van der Waals surface area contributed by atoms with Gasteiger partial charge in [-0.2, -0.15) is 0 Å². The molecule has 0 bridgehead atoms. The van der Waals surface area contributed by atoms with Gasteiger partial charge in [-0.25, -0.2) is 19.9 Å². The molecule has 2 aromatic heterocycles. The van der Waals surface area contributed by atoms with Crippen LogP contribution in [0.25, 0.3) is 0 Å². The molecule has 1 amide bonds. The molecular weight excluding hydrogens is 366 g/mol. The van der Waals surface area contributed by atoms with Gasteiger partial charge in [0.15, 0.2) is 0 Å². The smallest absolute Gasteiger partial charge is 0.274 e. The minimum absolute atomic E-state index is 0.237. The average Bonchev–Trinajstić information content (AvgIpc) is 2.74. The van der Waals surface area contributed by atoms with E-state index in [0.29, 0.717) is 11.6 Å². The lowest BCUT2D eigenvalue weighted by Crippen LogP contribution is -2.47. The highest BCUT2D eigenvalue weighted by atomic mass is 16.1. The molecule has 3 aromatic rings. The second kappa shape index (κ2) is 8.22. The van der Waals surface area contributed by atoms with Crippen LogP contribution in [0.5, 0.6) is 0 Å². The van der Waals surface area contributed by atoms with Gasteiger partial charge >= 0.3 is 0 Å². The standard InChI is InChI=1S/C21H23N7O/c1-15-5-3-6-17(13-15)25-19(29)18-14-16(2)24-21(26-18)28-11-9-27(10-12-28)20-22-7-4-8-23-20/h3-8,13-14H,9-12H2,1-2H3,(H,25,29). The Balaban J connectivity index is 1.46. The van der Waals surface area contributed by atoms with Gasteiger partial charge in [-0.05, 0) is 43.7 Å². The topological polar surface area (TPSA) is 87.1 Å². The molecular formula is C21H23N7O. The fourth-order valence-electron chi connectivity index (χ4n) is 3.29. The molecule has 0 saturated carbocycles. The third-order valence-corrected chi connectivity index (χ3v) is 4.75. The van der Waals surface area contributed by atoms with Gasteiger partial charge in [0.25, 0.3) is 5.91 Å². The zero-order valence-electron chi connectivity index (χ0n) is 16.5. The summed E-state index contributed by atoms with van der Waals surface area (Å²) >= 11 is 0. The van der Waals surface area contributed by atoms with Crippen LogP contribution in [0.15, 0.2) is 48.8 Å². The first-order valence-electron chi connectivity index (χ1n) is 9.59. The Labute approximate surface area is 169 Å². The lowest BCUT2D eigenvalue weighted by atomic mass is 10.2. The molecule has 0 radical (unpaired) electrons. The maximum absolute atomic E-state index is 12.7. The lowest BCUT2D eigenvalue weighted by Gasteiger charge is -2.34. The van der Waals surface area contributed by atoms with Gasteiger partial charge in [0.05, 0.1) is 0 Å². The van der Waals surface area contributed by atoms with Crippen molar-refractivity contribution in [2.45, 2.75) is 13.8 Å². The summed E-state index contributed by atoms with van der Waals surface area (Å²) < 4.78 is 0. The third-order valence-electron chi connectivity index (χ3n) is 4.75. The minimum atomic E-state index is -0.237.